The fourth-order valence-corrected chi connectivity index (χ4v) is 5.41. The van der Waals surface area contributed by atoms with Crippen LogP contribution in [0.25, 0.3) is 22.7 Å². The van der Waals surface area contributed by atoms with Crippen LogP contribution in [0.1, 0.15) is 55.0 Å². The highest BCUT2D eigenvalue weighted by Crippen LogP contribution is 2.40. The molecule has 10 heteroatoms. The molecule has 194 valence electrons. The van der Waals surface area contributed by atoms with E-state index in [1.54, 1.807) is 18.4 Å². The summed E-state index contributed by atoms with van der Waals surface area (Å²) in [6.45, 7) is 0. The summed E-state index contributed by atoms with van der Waals surface area (Å²) in [6, 6.07) is 9.73. The smallest absolute Gasteiger partial charge is 0.305 e. The summed E-state index contributed by atoms with van der Waals surface area (Å²) in [4.78, 5) is 23.9. The number of benzene rings is 2. The third-order valence-electron chi connectivity index (χ3n) is 7.52. The summed E-state index contributed by atoms with van der Waals surface area (Å²) >= 11 is 0. The van der Waals surface area contributed by atoms with Gasteiger partial charge in [0.15, 0.2) is 23.0 Å². The molecule has 38 heavy (non-hydrogen) atoms. The highest BCUT2D eigenvalue weighted by Gasteiger charge is 2.39. The minimum absolute atomic E-state index is 0.119. The molecule has 0 radical (unpaired) electrons. The second-order valence-electron chi connectivity index (χ2n) is 9.80. The number of carbonyl (C=O) groups excluding carboxylic acids is 1. The average molecular weight is 518 g/mol. The number of aromatic amines is 1. The summed E-state index contributed by atoms with van der Waals surface area (Å²) in [6.07, 6.45) is 9.44. The van der Waals surface area contributed by atoms with Crippen LogP contribution in [-0.2, 0) is 15.1 Å². The molecule has 3 heterocycles. The van der Waals surface area contributed by atoms with E-state index in [0.717, 1.165) is 48.8 Å². The maximum absolute atomic E-state index is 14.0. The molecule has 2 aromatic carbocycles. The number of halogens is 2. The number of rotatable bonds is 6. The Morgan fingerprint density at radius 2 is 1.95 bits per heavy atom. The van der Waals surface area contributed by atoms with Crippen LogP contribution in [0.5, 0.6) is 0 Å². The molecule has 1 fully saturated rings. The summed E-state index contributed by atoms with van der Waals surface area (Å²) in [5.74, 6) is -0.592. The lowest BCUT2D eigenvalue weighted by Crippen LogP contribution is -2.22. The van der Waals surface area contributed by atoms with Gasteiger partial charge < -0.3 is 14.1 Å². The summed E-state index contributed by atoms with van der Waals surface area (Å²) in [5, 5.41) is 8.34. The number of carbonyl (C=O) groups is 1. The number of nitrogens with one attached hydrogen (secondary N) is 1. The van der Waals surface area contributed by atoms with Crippen LogP contribution in [0.4, 0.5) is 8.78 Å². The Morgan fingerprint density at radius 1 is 1.11 bits per heavy atom. The van der Waals surface area contributed by atoms with E-state index < -0.39 is 17.2 Å². The summed E-state index contributed by atoms with van der Waals surface area (Å²) in [5.41, 5.74) is 1.96. The van der Waals surface area contributed by atoms with Crippen molar-refractivity contribution < 1.29 is 22.7 Å². The molecule has 1 saturated carbocycles. The second-order valence-corrected chi connectivity index (χ2v) is 9.80. The first kappa shape index (κ1) is 24.1. The quantitative estimate of drug-likeness (QED) is 0.333. The van der Waals surface area contributed by atoms with Crippen molar-refractivity contribution in [2.24, 2.45) is 10.9 Å². The van der Waals surface area contributed by atoms with Crippen LogP contribution in [0.3, 0.4) is 0 Å². The van der Waals surface area contributed by atoms with Crippen molar-refractivity contribution in [3.63, 3.8) is 0 Å². The van der Waals surface area contributed by atoms with Crippen LogP contribution in [0, 0.1) is 17.6 Å². The van der Waals surface area contributed by atoms with Gasteiger partial charge >= 0.3 is 5.97 Å². The minimum atomic E-state index is -1.24. The number of H-pyrrole nitrogens is 1. The van der Waals surface area contributed by atoms with Crippen molar-refractivity contribution >= 4 is 23.2 Å². The number of hydrogen-bond acceptors (Lipinski definition) is 7. The second kappa shape index (κ2) is 9.59. The molecule has 1 aliphatic heterocycles. The highest BCUT2D eigenvalue weighted by atomic mass is 19.2. The average Bonchev–Trinajstić information content (AvgIpc) is 3.69. The van der Waals surface area contributed by atoms with Crippen molar-refractivity contribution in [2.45, 2.75) is 43.6 Å². The van der Waals surface area contributed by atoms with Gasteiger partial charge in [-0.2, -0.15) is 0 Å². The number of aliphatic imine (C=N–C) groups is 1. The van der Waals surface area contributed by atoms with Crippen molar-refractivity contribution in [1.29, 1.82) is 0 Å². The lowest BCUT2D eigenvalue weighted by molar-refractivity contribution is -0.142. The van der Waals surface area contributed by atoms with Gasteiger partial charge in [0.1, 0.15) is 0 Å². The molecular weight excluding hydrogens is 492 g/mol. The number of ether oxygens (including phenoxy) is 1. The molecule has 0 saturated heterocycles. The predicted molar refractivity (Wildman–Crippen MR) is 135 cm³/mol. The first-order valence-corrected chi connectivity index (χ1v) is 12.5. The van der Waals surface area contributed by atoms with E-state index in [-0.39, 0.29) is 17.8 Å². The maximum atomic E-state index is 14.0. The normalized spacial score (nSPS) is 22.8. The topological polar surface area (TPSA) is 106 Å². The van der Waals surface area contributed by atoms with Gasteiger partial charge in [-0.15, -0.1) is 10.2 Å². The molecule has 1 N–H and O–H groups in total. The Hall–Kier alpha value is -4.21. The predicted octanol–water partition coefficient (Wildman–Crippen LogP) is 5.61. The van der Waals surface area contributed by atoms with Crippen LogP contribution >= 0.6 is 0 Å². The molecule has 1 aliphatic carbocycles. The first-order chi connectivity index (χ1) is 18.4. The molecule has 4 aromatic rings. The molecule has 2 aliphatic rings. The SMILES string of the molecule is COC(=O)CC1CCC(c2ccc3nc(-c4nnc(C5(c6ccc(F)c(F)c6)C=CC=N5)o4)[nH]c3c2)CC1. The van der Waals surface area contributed by atoms with Gasteiger partial charge in [0.05, 0.1) is 18.1 Å². The van der Waals surface area contributed by atoms with Crippen molar-refractivity contribution in [2.75, 3.05) is 7.11 Å². The fourth-order valence-electron chi connectivity index (χ4n) is 5.41. The number of fused-ring (bicyclic) bond motifs is 1. The fraction of sp³-hybridized carbons (Fsp3) is 0.321. The van der Waals surface area contributed by atoms with Crippen molar-refractivity contribution in [1.82, 2.24) is 20.2 Å². The third kappa shape index (κ3) is 4.29. The van der Waals surface area contributed by atoms with E-state index in [2.05, 4.69) is 37.3 Å². The van der Waals surface area contributed by atoms with E-state index in [9.17, 15) is 13.6 Å². The Balaban J connectivity index is 1.24. The van der Waals surface area contributed by atoms with Gasteiger partial charge in [-0.05, 0) is 85.1 Å². The molecule has 1 unspecified atom stereocenters. The van der Waals surface area contributed by atoms with E-state index in [0.29, 0.717) is 29.6 Å². The van der Waals surface area contributed by atoms with Crippen LogP contribution < -0.4 is 0 Å². The maximum Gasteiger partial charge on any atom is 0.305 e. The van der Waals surface area contributed by atoms with E-state index in [1.165, 1.54) is 18.7 Å². The molecule has 0 bridgehead atoms. The zero-order valence-electron chi connectivity index (χ0n) is 20.7. The largest absolute Gasteiger partial charge is 0.469 e. The van der Waals surface area contributed by atoms with Crippen LogP contribution in [0.15, 0.2) is 58.0 Å². The van der Waals surface area contributed by atoms with Gasteiger partial charge in [0, 0.05) is 12.6 Å². The third-order valence-corrected chi connectivity index (χ3v) is 7.52. The molecule has 1 atom stereocenters. The standard InChI is InChI=1S/C28H25F2N5O3/c1-37-24(36)13-16-3-5-17(6-4-16)18-7-10-22-23(14-18)33-25(32-22)26-34-35-27(38-26)28(11-2-12-31-28)19-8-9-20(29)21(30)15-19/h2,7-12,14-17H,3-6,13H2,1H3,(H,32,33). The van der Waals surface area contributed by atoms with E-state index >= 15 is 0 Å². The van der Waals surface area contributed by atoms with Gasteiger partial charge in [0.2, 0.25) is 0 Å². The molecule has 0 spiro atoms. The highest BCUT2D eigenvalue weighted by molar-refractivity contribution is 5.79. The van der Waals surface area contributed by atoms with Crippen molar-refractivity contribution in [3.05, 3.63) is 77.2 Å². The lowest BCUT2D eigenvalue weighted by Gasteiger charge is -2.28. The molecule has 8 nitrogen and oxygen atoms in total. The molecule has 0 amide bonds. The Bertz CT molecular complexity index is 1550. The Morgan fingerprint density at radius 3 is 2.68 bits per heavy atom. The van der Waals surface area contributed by atoms with Crippen molar-refractivity contribution in [3.8, 4) is 11.7 Å². The Labute approximate surface area is 216 Å². The summed E-state index contributed by atoms with van der Waals surface area (Å²) < 4.78 is 38.3. The number of esters is 1. The molecular formula is C28H25F2N5O3. The van der Waals surface area contributed by atoms with Gasteiger partial charge in [-0.25, -0.2) is 13.8 Å². The number of allylic oxidation sites excluding steroid dienone is 1. The van der Waals surface area contributed by atoms with E-state index in [4.69, 9.17) is 9.15 Å². The zero-order chi connectivity index (χ0) is 26.3. The number of nitrogens with zero attached hydrogens (tertiary/aromatic N) is 4. The summed E-state index contributed by atoms with van der Waals surface area (Å²) in [7, 11) is 1.43. The van der Waals surface area contributed by atoms with Gasteiger partial charge in [0.25, 0.3) is 11.8 Å². The monoisotopic (exact) mass is 517 g/mol. The van der Waals surface area contributed by atoms with Gasteiger partial charge in [-0.1, -0.05) is 12.1 Å². The van der Waals surface area contributed by atoms with Crippen LogP contribution in [0.2, 0.25) is 0 Å². The minimum Gasteiger partial charge on any atom is -0.469 e. The van der Waals surface area contributed by atoms with Crippen LogP contribution in [-0.4, -0.2) is 39.5 Å². The number of imidazole rings is 1. The number of hydrogen-bond donors (Lipinski definition) is 1. The van der Waals surface area contributed by atoms with Gasteiger partial charge in [-0.3, -0.25) is 9.79 Å². The molecule has 2 aromatic heterocycles. The Kier molecular flexibility index (Phi) is 6.09. The zero-order valence-corrected chi connectivity index (χ0v) is 20.7. The first-order valence-electron chi connectivity index (χ1n) is 12.5. The molecule has 6 rings (SSSR count). The number of methoxy groups -OCH3 is 1. The van der Waals surface area contributed by atoms with E-state index in [1.807, 2.05) is 6.07 Å². The lowest BCUT2D eigenvalue weighted by atomic mass is 9.77. The number of aromatic nitrogens is 4.